The number of carbonyl (C=O) groups excluding carboxylic acids is 2. The van der Waals surface area contributed by atoms with E-state index in [2.05, 4.69) is 13.0 Å². The van der Waals surface area contributed by atoms with Crippen molar-refractivity contribution in [2.24, 2.45) is 0 Å². The summed E-state index contributed by atoms with van der Waals surface area (Å²) in [5.41, 5.74) is 4.69. The van der Waals surface area contributed by atoms with E-state index in [4.69, 9.17) is 0 Å². The Bertz CT molecular complexity index is 979. The molecular formula is C20H14O2S. The van der Waals surface area contributed by atoms with Crippen LogP contribution in [0.4, 0.5) is 0 Å². The van der Waals surface area contributed by atoms with Crippen molar-refractivity contribution < 1.29 is 9.59 Å². The molecule has 0 spiro atoms. The third-order valence-electron chi connectivity index (χ3n) is 4.21. The highest BCUT2D eigenvalue weighted by Crippen LogP contribution is 2.37. The highest BCUT2D eigenvalue weighted by atomic mass is 32.1. The lowest BCUT2D eigenvalue weighted by molar-refractivity contribution is 0.0815. The maximum absolute atomic E-state index is 12.5. The standard InChI is InChI=1S/C20H14O2S/c1-11-3-6-14-15-7-5-13(18-8-4-12(2)23-18)10-17(15)20(22)19(21)16(14)9-11/h3-10H,1-2H3. The van der Waals surface area contributed by atoms with E-state index in [-0.39, 0.29) is 0 Å². The molecule has 1 aliphatic carbocycles. The van der Waals surface area contributed by atoms with Gasteiger partial charge in [0.2, 0.25) is 11.6 Å². The van der Waals surface area contributed by atoms with Gasteiger partial charge in [0.25, 0.3) is 0 Å². The molecule has 1 aliphatic rings. The molecule has 0 unspecified atom stereocenters. The second-order valence-corrected chi connectivity index (χ2v) is 7.17. The Hall–Kier alpha value is -2.52. The number of fused-ring (bicyclic) bond motifs is 3. The molecule has 23 heavy (non-hydrogen) atoms. The van der Waals surface area contributed by atoms with Gasteiger partial charge in [-0.1, -0.05) is 29.8 Å². The molecule has 0 aliphatic heterocycles. The fourth-order valence-corrected chi connectivity index (χ4v) is 3.90. The highest BCUT2D eigenvalue weighted by molar-refractivity contribution is 7.15. The van der Waals surface area contributed by atoms with Crippen LogP contribution in [0.2, 0.25) is 0 Å². The topological polar surface area (TPSA) is 34.1 Å². The number of aryl methyl sites for hydroxylation is 2. The Morgan fingerprint density at radius 1 is 0.696 bits per heavy atom. The molecule has 1 heterocycles. The Balaban J connectivity index is 1.94. The molecule has 0 fully saturated rings. The van der Waals surface area contributed by atoms with Crippen LogP contribution in [-0.4, -0.2) is 11.6 Å². The lowest BCUT2D eigenvalue weighted by atomic mass is 9.82. The van der Waals surface area contributed by atoms with E-state index >= 15 is 0 Å². The largest absolute Gasteiger partial charge is 0.285 e. The van der Waals surface area contributed by atoms with Crippen LogP contribution in [-0.2, 0) is 0 Å². The third kappa shape index (κ3) is 2.16. The number of hydrogen-bond donors (Lipinski definition) is 0. The van der Waals surface area contributed by atoms with E-state index < -0.39 is 11.6 Å². The predicted octanol–water partition coefficient (Wildman–Crippen LogP) is 5.08. The molecular weight excluding hydrogens is 304 g/mol. The van der Waals surface area contributed by atoms with E-state index in [0.29, 0.717) is 11.1 Å². The van der Waals surface area contributed by atoms with Crippen LogP contribution < -0.4 is 0 Å². The molecule has 0 amide bonds. The smallest absolute Gasteiger partial charge is 0.234 e. The molecule has 4 rings (SSSR count). The molecule has 3 heteroatoms. The summed E-state index contributed by atoms with van der Waals surface area (Å²) in [7, 11) is 0. The molecule has 0 N–H and O–H groups in total. The second kappa shape index (κ2) is 5.00. The molecule has 1 aromatic heterocycles. The minimum absolute atomic E-state index is 0.407. The van der Waals surface area contributed by atoms with Gasteiger partial charge in [0.1, 0.15) is 0 Å². The van der Waals surface area contributed by atoms with Crippen LogP contribution in [0.25, 0.3) is 21.6 Å². The van der Waals surface area contributed by atoms with Gasteiger partial charge in [0, 0.05) is 20.9 Å². The first-order chi connectivity index (χ1) is 11.0. The van der Waals surface area contributed by atoms with E-state index in [9.17, 15) is 9.59 Å². The van der Waals surface area contributed by atoms with Gasteiger partial charge in [-0.25, -0.2) is 0 Å². The molecule has 0 saturated carbocycles. The number of rotatable bonds is 1. The number of hydrogen-bond acceptors (Lipinski definition) is 3. The molecule has 0 atom stereocenters. The maximum atomic E-state index is 12.5. The number of benzene rings is 2. The van der Waals surface area contributed by atoms with Crippen LogP contribution in [0, 0.1) is 13.8 Å². The van der Waals surface area contributed by atoms with Gasteiger partial charge >= 0.3 is 0 Å². The summed E-state index contributed by atoms with van der Waals surface area (Å²) in [4.78, 5) is 27.3. The van der Waals surface area contributed by atoms with Crippen molar-refractivity contribution >= 4 is 22.9 Å². The number of Topliss-reactive ketones (excluding diaryl/α,β-unsaturated/α-hetero) is 2. The summed E-state index contributed by atoms with van der Waals surface area (Å²) in [6.45, 7) is 3.98. The van der Waals surface area contributed by atoms with Crippen LogP contribution in [0.5, 0.6) is 0 Å². The monoisotopic (exact) mass is 318 g/mol. The van der Waals surface area contributed by atoms with Crippen LogP contribution in [0.15, 0.2) is 48.5 Å². The zero-order chi connectivity index (χ0) is 16.1. The van der Waals surface area contributed by atoms with Gasteiger partial charge < -0.3 is 0 Å². The Kier molecular flexibility index (Phi) is 3.06. The minimum atomic E-state index is -0.409. The van der Waals surface area contributed by atoms with Crippen LogP contribution >= 0.6 is 11.3 Å². The predicted molar refractivity (Wildman–Crippen MR) is 93.3 cm³/mol. The first kappa shape index (κ1) is 14.1. The maximum Gasteiger partial charge on any atom is 0.234 e. The van der Waals surface area contributed by atoms with Gasteiger partial charge in [-0.2, -0.15) is 0 Å². The van der Waals surface area contributed by atoms with Crippen molar-refractivity contribution in [1.82, 2.24) is 0 Å². The van der Waals surface area contributed by atoms with Gasteiger partial charge in [-0.15, -0.1) is 11.3 Å². The highest BCUT2D eigenvalue weighted by Gasteiger charge is 2.30. The van der Waals surface area contributed by atoms with Gasteiger partial charge in [-0.05, 0) is 54.8 Å². The number of ketones is 2. The van der Waals surface area contributed by atoms with E-state index in [0.717, 1.165) is 27.1 Å². The fraction of sp³-hybridized carbons (Fsp3) is 0.100. The Labute approximate surface area is 138 Å². The van der Waals surface area contributed by atoms with Crippen molar-refractivity contribution in [3.63, 3.8) is 0 Å². The zero-order valence-corrected chi connectivity index (χ0v) is 13.7. The van der Waals surface area contributed by atoms with Gasteiger partial charge in [0.05, 0.1) is 0 Å². The van der Waals surface area contributed by atoms with Crippen LogP contribution in [0.3, 0.4) is 0 Å². The molecule has 0 bridgehead atoms. The normalized spacial score (nSPS) is 13.0. The molecule has 2 nitrogen and oxygen atoms in total. The first-order valence-electron chi connectivity index (χ1n) is 7.45. The summed E-state index contributed by atoms with van der Waals surface area (Å²) >= 11 is 1.68. The van der Waals surface area contributed by atoms with E-state index in [1.165, 1.54) is 4.88 Å². The average Bonchev–Trinajstić information content (AvgIpc) is 2.98. The van der Waals surface area contributed by atoms with Crippen molar-refractivity contribution in [3.05, 3.63) is 70.1 Å². The Morgan fingerprint density at radius 2 is 1.35 bits per heavy atom. The van der Waals surface area contributed by atoms with E-state index in [1.807, 2.05) is 43.3 Å². The molecule has 2 aromatic carbocycles. The van der Waals surface area contributed by atoms with Crippen molar-refractivity contribution in [2.75, 3.05) is 0 Å². The van der Waals surface area contributed by atoms with Crippen molar-refractivity contribution in [2.45, 2.75) is 13.8 Å². The SMILES string of the molecule is Cc1ccc2c(c1)C(=O)C(=O)c1cc(-c3ccc(C)s3)ccc1-2. The summed E-state index contributed by atoms with van der Waals surface area (Å²) in [5, 5.41) is 0. The minimum Gasteiger partial charge on any atom is -0.285 e. The van der Waals surface area contributed by atoms with Crippen LogP contribution in [0.1, 0.15) is 31.2 Å². The molecule has 0 radical (unpaired) electrons. The first-order valence-corrected chi connectivity index (χ1v) is 8.27. The number of carbonyl (C=O) groups is 2. The lowest BCUT2D eigenvalue weighted by Gasteiger charge is -2.19. The molecule has 0 saturated heterocycles. The van der Waals surface area contributed by atoms with Gasteiger partial charge in [0.15, 0.2) is 0 Å². The van der Waals surface area contributed by atoms with E-state index in [1.54, 1.807) is 17.4 Å². The van der Waals surface area contributed by atoms with Crippen molar-refractivity contribution in [3.8, 4) is 21.6 Å². The fourth-order valence-electron chi connectivity index (χ4n) is 3.04. The summed E-state index contributed by atoms with van der Waals surface area (Å²) < 4.78 is 0. The Morgan fingerprint density at radius 3 is 2.00 bits per heavy atom. The average molecular weight is 318 g/mol. The molecule has 112 valence electrons. The summed E-state index contributed by atoms with van der Waals surface area (Å²) in [6.07, 6.45) is 0. The van der Waals surface area contributed by atoms with Gasteiger partial charge in [-0.3, -0.25) is 9.59 Å². The third-order valence-corrected chi connectivity index (χ3v) is 5.25. The summed E-state index contributed by atoms with van der Waals surface area (Å²) in [5.74, 6) is -0.816. The second-order valence-electron chi connectivity index (χ2n) is 5.88. The summed E-state index contributed by atoms with van der Waals surface area (Å²) in [6, 6.07) is 15.7. The lowest BCUT2D eigenvalue weighted by Crippen LogP contribution is -2.21. The quantitative estimate of drug-likeness (QED) is 0.586. The number of thiophene rings is 1. The van der Waals surface area contributed by atoms with Crippen molar-refractivity contribution in [1.29, 1.82) is 0 Å². The zero-order valence-electron chi connectivity index (χ0n) is 12.8. The molecule has 3 aromatic rings.